The van der Waals surface area contributed by atoms with Gasteiger partial charge in [0, 0.05) is 38.8 Å². The topological polar surface area (TPSA) is 54.0 Å². The number of hydrogen-bond acceptors (Lipinski definition) is 5. The van der Waals surface area contributed by atoms with Crippen LogP contribution in [0.25, 0.3) is 0 Å². The first-order valence-electron chi connectivity index (χ1n) is 6.28. The van der Waals surface area contributed by atoms with E-state index in [1.54, 1.807) is 7.11 Å². The molecule has 2 N–H and O–H groups in total. The van der Waals surface area contributed by atoms with Crippen molar-refractivity contribution in [1.29, 1.82) is 0 Å². The molecule has 0 aromatic rings. The van der Waals surface area contributed by atoms with Gasteiger partial charge in [0.2, 0.25) is 0 Å². The lowest BCUT2D eigenvalue weighted by atomic mass is 9.95. The Kier molecular flexibility index (Phi) is 6.99. The van der Waals surface area contributed by atoms with E-state index in [-0.39, 0.29) is 0 Å². The predicted octanol–water partition coefficient (Wildman–Crippen LogP) is -0.450. The number of aliphatic hydroxyl groups excluding tert-OH is 1. The van der Waals surface area contributed by atoms with E-state index < -0.39 is 6.10 Å². The molecular formula is C12H26N2O3. The normalized spacial score (nSPS) is 27.4. The molecule has 17 heavy (non-hydrogen) atoms. The van der Waals surface area contributed by atoms with Crippen molar-refractivity contribution < 1.29 is 14.6 Å². The van der Waals surface area contributed by atoms with Crippen LogP contribution in [-0.2, 0) is 9.47 Å². The van der Waals surface area contributed by atoms with Gasteiger partial charge in [-0.1, -0.05) is 0 Å². The minimum absolute atomic E-state index is 0.390. The molecular weight excluding hydrogens is 220 g/mol. The fourth-order valence-corrected chi connectivity index (χ4v) is 2.44. The van der Waals surface area contributed by atoms with Crippen molar-refractivity contribution in [2.24, 2.45) is 5.92 Å². The van der Waals surface area contributed by atoms with E-state index in [4.69, 9.17) is 9.47 Å². The highest BCUT2D eigenvalue weighted by molar-refractivity contribution is 4.80. The summed E-state index contributed by atoms with van der Waals surface area (Å²) in [5.74, 6) is 0.494. The molecule has 0 saturated carbocycles. The lowest BCUT2D eigenvalue weighted by molar-refractivity contribution is 0.00622. The first-order valence-corrected chi connectivity index (χ1v) is 6.28. The Morgan fingerprint density at radius 1 is 1.59 bits per heavy atom. The second-order valence-corrected chi connectivity index (χ2v) is 4.85. The zero-order valence-electron chi connectivity index (χ0n) is 11.2. The summed E-state index contributed by atoms with van der Waals surface area (Å²) < 4.78 is 10.4. The predicted molar refractivity (Wildman–Crippen MR) is 67.2 cm³/mol. The van der Waals surface area contributed by atoms with E-state index in [1.807, 2.05) is 14.1 Å². The molecule has 1 aliphatic rings. The maximum Gasteiger partial charge on any atom is 0.0899 e. The first kappa shape index (κ1) is 14.9. The SMILES string of the molecule is CNC1CCOCC1CN(C)CC(O)COC. The summed E-state index contributed by atoms with van der Waals surface area (Å²) >= 11 is 0. The smallest absolute Gasteiger partial charge is 0.0899 e. The maximum atomic E-state index is 9.66. The van der Waals surface area contributed by atoms with E-state index in [0.717, 1.165) is 26.2 Å². The third kappa shape index (κ3) is 5.31. The van der Waals surface area contributed by atoms with Crippen LogP contribution < -0.4 is 5.32 Å². The molecule has 0 aromatic heterocycles. The number of likely N-dealkylation sites (N-methyl/N-ethyl adjacent to an activating group) is 1. The molecule has 1 aliphatic heterocycles. The van der Waals surface area contributed by atoms with Crippen molar-refractivity contribution in [2.45, 2.75) is 18.6 Å². The summed E-state index contributed by atoms with van der Waals surface area (Å²) in [6, 6.07) is 0.519. The Labute approximate surface area is 104 Å². The maximum absolute atomic E-state index is 9.66. The van der Waals surface area contributed by atoms with Crippen molar-refractivity contribution in [3.05, 3.63) is 0 Å². The summed E-state index contributed by atoms with van der Waals surface area (Å²) in [6.07, 6.45) is 0.651. The molecule has 3 atom stereocenters. The third-order valence-corrected chi connectivity index (χ3v) is 3.27. The average Bonchev–Trinajstić information content (AvgIpc) is 2.29. The van der Waals surface area contributed by atoms with Gasteiger partial charge in [-0.25, -0.2) is 0 Å². The third-order valence-electron chi connectivity index (χ3n) is 3.27. The van der Waals surface area contributed by atoms with Crippen molar-refractivity contribution in [3.63, 3.8) is 0 Å². The van der Waals surface area contributed by atoms with Gasteiger partial charge in [-0.2, -0.15) is 0 Å². The summed E-state index contributed by atoms with van der Waals surface area (Å²) in [5.41, 5.74) is 0. The molecule has 0 radical (unpaired) electrons. The first-order chi connectivity index (χ1) is 8.17. The van der Waals surface area contributed by atoms with Gasteiger partial charge in [-0.3, -0.25) is 0 Å². The Bertz CT molecular complexity index is 204. The molecule has 1 fully saturated rings. The Morgan fingerprint density at radius 2 is 2.35 bits per heavy atom. The van der Waals surface area contributed by atoms with E-state index in [1.165, 1.54) is 0 Å². The molecule has 0 amide bonds. The number of ether oxygens (including phenoxy) is 2. The number of nitrogens with zero attached hydrogens (tertiary/aromatic N) is 1. The van der Waals surface area contributed by atoms with Crippen LogP contribution in [0.2, 0.25) is 0 Å². The van der Waals surface area contributed by atoms with Gasteiger partial charge in [-0.15, -0.1) is 0 Å². The minimum atomic E-state index is -0.414. The van der Waals surface area contributed by atoms with Crippen LogP contribution in [0.15, 0.2) is 0 Å². The van der Waals surface area contributed by atoms with Crippen LogP contribution in [0.3, 0.4) is 0 Å². The van der Waals surface area contributed by atoms with Crippen molar-refractivity contribution in [1.82, 2.24) is 10.2 Å². The van der Waals surface area contributed by atoms with Crippen molar-refractivity contribution in [2.75, 3.05) is 54.1 Å². The molecule has 0 aromatic carbocycles. The van der Waals surface area contributed by atoms with Crippen LogP contribution in [0.5, 0.6) is 0 Å². The summed E-state index contributed by atoms with van der Waals surface area (Å²) in [5, 5.41) is 13.0. The highest BCUT2D eigenvalue weighted by Gasteiger charge is 2.25. The zero-order chi connectivity index (χ0) is 12.7. The van der Waals surface area contributed by atoms with Gasteiger partial charge >= 0.3 is 0 Å². The molecule has 0 bridgehead atoms. The lowest BCUT2D eigenvalue weighted by Crippen LogP contribution is -2.47. The van der Waals surface area contributed by atoms with Gasteiger partial charge in [0.1, 0.15) is 0 Å². The summed E-state index contributed by atoms with van der Waals surface area (Å²) in [7, 11) is 5.64. The highest BCUT2D eigenvalue weighted by Crippen LogP contribution is 2.15. The van der Waals surface area contributed by atoms with Gasteiger partial charge < -0.3 is 24.8 Å². The quantitative estimate of drug-likeness (QED) is 0.637. The molecule has 5 heteroatoms. The van der Waals surface area contributed by atoms with Gasteiger partial charge in [0.15, 0.2) is 0 Å². The van der Waals surface area contributed by atoms with E-state index in [2.05, 4.69) is 10.2 Å². The number of rotatable bonds is 7. The molecule has 5 nitrogen and oxygen atoms in total. The van der Waals surface area contributed by atoms with E-state index >= 15 is 0 Å². The highest BCUT2D eigenvalue weighted by atomic mass is 16.5. The number of methoxy groups -OCH3 is 1. The van der Waals surface area contributed by atoms with Gasteiger partial charge in [0.05, 0.1) is 19.3 Å². The van der Waals surface area contributed by atoms with Crippen LogP contribution >= 0.6 is 0 Å². The van der Waals surface area contributed by atoms with Crippen LogP contribution in [0, 0.1) is 5.92 Å². The molecule has 3 unspecified atom stereocenters. The van der Waals surface area contributed by atoms with E-state index in [0.29, 0.717) is 25.1 Å². The molecule has 102 valence electrons. The van der Waals surface area contributed by atoms with Crippen LogP contribution in [-0.4, -0.2) is 76.3 Å². The Hall–Kier alpha value is -0.200. The Morgan fingerprint density at radius 3 is 3.00 bits per heavy atom. The second kappa shape index (κ2) is 8.00. The monoisotopic (exact) mass is 246 g/mol. The molecule has 1 heterocycles. The van der Waals surface area contributed by atoms with Crippen LogP contribution in [0.1, 0.15) is 6.42 Å². The second-order valence-electron chi connectivity index (χ2n) is 4.85. The lowest BCUT2D eigenvalue weighted by Gasteiger charge is -2.34. The molecule has 1 saturated heterocycles. The largest absolute Gasteiger partial charge is 0.389 e. The summed E-state index contributed by atoms with van der Waals surface area (Å²) in [6.45, 7) is 3.61. The average molecular weight is 246 g/mol. The molecule has 0 aliphatic carbocycles. The molecule has 1 rings (SSSR count). The van der Waals surface area contributed by atoms with Crippen LogP contribution in [0.4, 0.5) is 0 Å². The molecule has 0 spiro atoms. The number of hydrogen-bond donors (Lipinski definition) is 2. The Balaban J connectivity index is 2.30. The van der Waals surface area contributed by atoms with Crippen molar-refractivity contribution in [3.8, 4) is 0 Å². The standard InChI is InChI=1S/C12H26N2O3/c1-13-12-4-5-17-8-10(12)6-14(2)7-11(15)9-16-3/h10-13,15H,4-9H2,1-3H3. The van der Waals surface area contributed by atoms with Gasteiger partial charge in [-0.05, 0) is 20.5 Å². The van der Waals surface area contributed by atoms with E-state index in [9.17, 15) is 5.11 Å². The fourth-order valence-electron chi connectivity index (χ4n) is 2.44. The fraction of sp³-hybridized carbons (Fsp3) is 1.00. The van der Waals surface area contributed by atoms with Gasteiger partial charge in [0.25, 0.3) is 0 Å². The minimum Gasteiger partial charge on any atom is -0.389 e. The number of nitrogens with one attached hydrogen (secondary N) is 1. The summed E-state index contributed by atoms with van der Waals surface area (Å²) in [4.78, 5) is 2.15. The zero-order valence-corrected chi connectivity index (χ0v) is 11.2. The number of aliphatic hydroxyl groups is 1. The van der Waals surface area contributed by atoms with Crippen molar-refractivity contribution >= 4 is 0 Å².